The summed E-state index contributed by atoms with van der Waals surface area (Å²) in [6.07, 6.45) is 2.25. The van der Waals surface area contributed by atoms with Crippen LogP contribution in [0.5, 0.6) is 0 Å². The summed E-state index contributed by atoms with van der Waals surface area (Å²) in [7, 11) is 0. The van der Waals surface area contributed by atoms with Crippen molar-refractivity contribution in [3.05, 3.63) is 83.9 Å². The maximum Gasteiger partial charge on any atom is 0.249 e. The Morgan fingerprint density at radius 3 is 1.88 bits per heavy atom. The van der Waals surface area contributed by atoms with E-state index >= 15 is 0 Å². The number of hydrogen-bond acceptors (Lipinski definition) is 1. The average Bonchev–Trinajstić information content (AvgIpc) is 3.47. The summed E-state index contributed by atoms with van der Waals surface area (Å²) < 4.78 is 0. The van der Waals surface area contributed by atoms with Crippen LogP contribution in [0.15, 0.2) is 72.8 Å². The van der Waals surface area contributed by atoms with Crippen LogP contribution in [0.3, 0.4) is 0 Å². The van der Waals surface area contributed by atoms with Gasteiger partial charge in [-0.05, 0) is 52.6 Å². The lowest BCUT2D eigenvalue weighted by molar-refractivity contribution is 0.0999. The number of halogens is 1. The van der Waals surface area contributed by atoms with Crippen molar-refractivity contribution in [2.45, 2.75) is 18.8 Å². The van der Waals surface area contributed by atoms with Gasteiger partial charge in [0.2, 0.25) is 5.91 Å². The Balaban J connectivity index is 0.00000182. The zero-order valence-electron chi connectivity index (χ0n) is 13.8. The molecule has 0 spiro atoms. The van der Waals surface area contributed by atoms with Gasteiger partial charge in [0.1, 0.15) is 0 Å². The highest BCUT2D eigenvalue weighted by Crippen LogP contribution is 2.49. The van der Waals surface area contributed by atoms with Crippen LogP contribution in [0.1, 0.15) is 34.7 Å². The van der Waals surface area contributed by atoms with Crippen molar-refractivity contribution in [2.75, 3.05) is 0 Å². The molecule has 0 aromatic heterocycles. The summed E-state index contributed by atoms with van der Waals surface area (Å²) in [5.41, 5.74) is 12.1. The molecular formula is C22H20ClNO. The molecule has 1 aliphatic carbocycles. The monoisotopic (exact) mass is 349 g/mol. The smallest absolute Gasteiger partial charge is 0.249 e. The number of benzene rings is 3. The first-order valence-electron chi connectivity index (χ1n) is 8.33. The molecule has 126 valence electrons. The first-order valence-corrected chi connectivity index (χ1v) is 8.33. The molecule has 1 amide bonds. The van der Waals surface area contributed by atoms with E-state index in [-0.39, 0.29) is 18.3 Å². The van der Waals surface area contributed by atoms with Crippen LogP contribution >= 0.6 is 12.4 Å². The standard InChI is InChI=1S/C22H19NO.ClH/c23-22(24)19-14-13-18(15-7-3-1-4-8-15)20(21(19)17-11-12-17)16-9-5-2-6-10-16;/h1-10,13-14,17H,11-12H2,(H2,23,24);1H. The zero-order valence-corrected chi connectivity index (χ0v) is 14.6. The molecule has 1 saturated carbocycles. The molecule has 1 aliphatic rings. The molecule has 0 unspecified atom stereocenters. The van der Waals surface area contributed by atoms with E-state index in [2.05, 4.69) is 24.3 Å². The predicted molar refractivity (Wildman–Crippen MR) is 105 cm³/mol. The quantitative estimate of drug-likeness (QED) is 0.671. The van der Waals surface area contributed by atoms with Crippen molar-refractivity contribution < 1.29 is 4.79 Å². The van der Waals surface area contributed by atoms with E-state index in [9.17, 15) is 4.79 Å². The van der Waals surface area contributed by atoms with E-state index in [4.69, 9.17) is 5.73 Å². The highest BCUT2D eigenvalue weighted by molar-refractivity contribution is 6.00. The van der Waals surface area contributed by atoms with Gasteiger partial charge in [-0.1, -0.05) is 66.7 Å². The van der Waals surface area contributed by atoms with Gasteiger partial charge < -0.3 is 5.73 Å². The fourth-order valence-electron chi connectivity index (χ4n) is 3.40. The molecule has 0 bridgehead atoms. The first-order chi connectivity index (χ1) is 11.8. The zero-order chi connectivity index (χ0) is 16.5. The molecule has 0 saturated heterocycles. The van der Waals surface area contributed by atoms with Gasteiger partial charge >= 0.3 is 0 Å². The molecule has 0 heterocycles. The van der Waals surface area contributed by atoms with Crippen molar-refractivity contribution in [1.82, 2.24) is 0 Å². The number of nitrogens with two attached hydrogens (primary N) is 1. The van der Waals surface area contributed by atoms with Crippen molar-refractivity contribution in [3.63, 3.8) is 0 Å². The van der Waals surface area contributed by atoms with Gasteiger partial charge in [-0.2, -0.15) is 0 Å². The lowest BCUT2D eigenvalue weighted by Gasteiger charge is -2.18. The van der Waals surface area contributed by atoms with Crippen LogP contribution in [-0.2, 0) is 0 Å². The van der Waals surface area contributed by atoms with Crippen molar-refractivity contribution in [2.24, 2.45) is 5.73 Å². The second-order valence-electron chi connectivity index (χ2n) is 6.32. The van der Waals surface area contributed by atoms with Crippen molar-refractivity contribution in [3.8, 4) is 22.3 Å². The van der Waals surface area contributed by atoms with Gasteiger partial charge in [-0.25, -0.2) is 0 Å². The molecular weight excluding hydrogens is 330 g/mol. The van der Waals surface area contributed by atoms with Gasteiger partial charge in [-0.3, -0.25) is 4.79 Å². The largest absolute Gasteiger partial charge is 0.366 e. The Hall–Kier alpha value is -2.58. The van der Waals surface area contributed by atoms with Crippen molar-refractivity contribution in [1.29, 1.82) is 0 Å². The molecule has 3 aromatic carbocycles. The third-order valence-corrected chi connectivity index (χ3v) is 4.64. The number of amides is 1. The van der Waals surface area contributed by atoms with E-state index in [1.165, 1.54) is 0 Å². The number of rotatable bonds is 4. The number of carbonyl (C=O) groups excluding carboxylic acids is 1. The van der Waals surface area contributed by atoms with E-state index in [0.29, 0.717) is 11.5 Å². The fourth-order valence-corrected chi connectivity index (χ4v) is 3.40. The molecule has 3 aromatic rings. The average molecular weight is 350 g/mol. The van der Waals surface area contributed by atoms with Gasteiger partial charge in [0.25, 0.3) is 0 Å². The van der Waals surface area contributed by atoms with E-state index in [1.54, 1.807) is 0 Å². The van der Waals surface area contributed by atoms with Gasteiger partial charge in [-0.15, -0.1) is 12.4 Å². The van der Waals surface area contributed by atoms with E-state index < -0.39 is 0 Å². The third kappa shape index (κ3) is 3.31. The summed E-state index contributed by atoms with van der Waals surface area (Å²) in [6.45, 7) is 0. The van der Waals surface area contributed by atoms with Crippen LogP contribution in [0.25, 0.3) is 22.3 Å². The molecule has 0 atom stereocenters. The maximum absolute atomic E-state index is 12.0. The molecule has 2 nitrogen and oxygen atoms in total. The number of primary amides is 1. The third-order valence-electron chi connectivity index (χ3n) is 4.64. The van der Waals surface area contributed by atoms with Crippen LogP contribution in [0, 0.1) is 0 Å². The molecule has 4 rings (SSSR count). The first kappa shape index (κ1) is 17.2. The fraction of sp³-hybridized carbons (Fsp3) is 0.136. The predicted octanol–water partition coefficient (Wildman–Crippen LogP) is 5.42. The molecule has 0 radical (unpaired) electrons. The molecule has 1 fully saturated rings. The maximum atomic E-state index is 12.0. The number of hydrogen-bond donors (Lipinski definition) is 1. The van der Waals surface area contributed by atoms with Gasteiger partial charge in [0, 0.05) is 5.56 Å². The highest BCUT2D eigenvalue weighted by Gasteiger charge is 2.31. The lowest BCUT2D eigenvalue weighted by atomic mass is 9.85. The van der Waals surface area contributed by atoms with Gasteiger partial charge in [0.15, 0.2) is 0 Å². The SMILES string of the molecule is Cl.NC(=O)c1ccc(-c2ccccc2)c(-c2ccccc2)c1C1CC1. The van der Waals surface area contributed by atoms with E-state index in [1.807, 2.05) is 48.5 Å². The Bertz CT molecular complexity index is 887. The summed E-state index contributed by atoms with van der Waals surface area (Å²) in [6, 6.07) is 24.6. The van der Waals surface area contributed by atoms with Gasteiger partial charge in [0.05, 0.1) is 0 Å². The van der Waals surface area contributed by atoms with Crippen LogP contribution in [0.4, 0.5) is 0 Å². The normalized spacial score (nSPS) is 13.1. The van der Waals surface area contributed by atoms with Crippen LogP contribution in [0.2, 0.25) is 0 Å². The summed E-state index contributed by atoms with van der Waals surface area (Å²) in [5, 5.41) is 0. The summed E-state index contributed by atoms with van der Waals surface area (Å²) in [5.74, 6) is 0.0973. The second-order valence-corrected chi connectivity index (χ2v) is 6.32. The molecule has 0 aliphatic heterocycles. The minimum Gasteiger partial charge on any atom is -0.366 e. The summed E-state index contributed by atoms with van der Waals surface area (Å²) >= 11 is 0. The Kier molecular flexibility index (Phi) is 4.91. The molecule has 3 heteroatoms. The van der Waals surface area contributed by atoms with Crippen LogP contribution in [-0.4, -0.2) is 5.91 Å². The number of carbonyl (C=O) groups is 1. The highest BCUT2D eigenvalue weighted by atomic mass is 35.5. The minimum atomic E-state index is -0.339. The molecule has 2 N–H and O–H groups in total. The van der Waals surface area contributed by atoms with E-state index in [0.717, 1.165) is 40.7 Å². The Morgan fingerprint density at radius 1 is 0.800 bits per heavy atom. The second kappa shape index (κ2) is 7.12. The Morgan fingerprint density at radius 2 is 1.36 bits per heavy atom. The lowest BCUT2D eigenvalue weighted by Crippen LogP contribution is -2.14. The van der Waals surface area contributed by atoms with Crippen LogP contribution < -0.4 is 5.73 Å². The minimum absolute atomic E-state index is 0. The summed E-state index contributed by atoms with van der Waals surface area (Å²) in [4.78, 5) is 12.0. The topological polar surface area (TPSA) is 43.1 Å². The van der Waals surface area contributed by atoms with Crippen molar-refractivity contribution >= 4 is 18.3 Å². The molecule has 25 heavy (non-hydrogen) atoms. The Labute approximate surface area is 154 Å².